The number of fused-ring (bicyclic) bond motifs is 2. The minimum Gasteiger partial charge on any atom is -0.479 e. The number of carbonyl (C=O) groups is 2. The molecule has 2 amide bonds. The Bertz CT molecular complexity index is 984. The number of benzene rings is 1. The Morgan fingerprint density at radius 2 is 2.00 bits per heavy atom. The standard InChI is InChI=1S/C18H17N5O3/c1-12-17(25)22(13-6-2-3-7-14(13)26-12)11-9-16(24)19-18-21-20-15-8-4-5-10-23(15)18/h2-8,10,12H,9,11H2,1H3,(H,19,21,24). The van der Waals surface area contributed by atoms with E-state index >= 15 is 0 Å². The van der Waals surface area contributed by atoms with Crippen molar-refractivity contribution in [2.75, 3.05) is 16.8 Å². The van der Waals surface area contributed by atoms with Crippen LogP contribution in [0.5, 0.6) is 5.75 Å². The lowest BCUT2D eigenvalue weighted by atomic mass is 10.1. The van der Waals surface area contributed by atoms with Crippen molar-refractivity contribution in [1.82, 2.24) is 14.6 Å². The van der Waals surface area contributed by atoms with Gasteiger partial charge in [-0.1, -0.05) is 18.2 Å². The second kappa shape index (κ2) is 6.47. The van der Waals surface area contributed by atoms with Gasteiger partial charge >= 0.3 is 0 Å². The molecule has 1 aromatic carbocycles. The molecule has 0 spiro atoms. The molecule has 8 heteroatoms. The van der Waals surface area contributed by atoms with Crippen LogP contribution in [0.1, 0.15) is 13.3 Å². The van der Waals surface area contributed by atoms with Gasteiger partial charge in [0, 0.05) is 19.2 Å². The smallest absolute Gasteiger partial charge is 0.267 e. The molecule has 4 rings (SSSR count). The van der Waals surface area contributed by atoms with E-state index in [9.17, 15) is 9.59 Å². The Balaban J connectivity index is 1.47. The van der Waals surface area contributed by atoms with Crippen molar-refractivity contribution in [2.24, 2.45) is 0 Å². The van der Waals surface area contributed by atoms with Crippen LogP contribution in [0, 0.1) is 0 Å². The first kappa shape index (κ1) is 16.1. The topological polar surface area (TPSA) is 88.8 Å². The van der Waals surface area contributed by atoms with E-state index in [1.54, 1.807) is 28.5 Å². The zero-order valence-corrected chi connectivity index (χ0v) is 14.1. The van der Waals surface area contributed by atoms with Crippen molar-refractivity contribution in [2.45, 2.75) is 19.4 Å². The predicted molar refractivity (Wildman–Crippen MR) is 95.1 cm³/mol. The molecule has 1 atom stereocenters. The maximum Gasteiger partial charge on any atom is 0.267 e. The summed E-state index contributed by atoms with van der Waals surface area (Å²) in [5.41, 5.74) is 1.32. The lowest BCUT2D eigenvalue weighted by Crippen LogP contribution is -2.45. The minimum atomic E-state index is -0.576. The summed E-state index contributed by atoms with van der Waals surface area (Å²) in [4.78, 5) is 26.4. The van der Waals surface area contributed by atoms with Crippen LogP contribution in [0.3, 0.4) is 0 Å². The molecular weight excluding hydrogens is 334 g/mol. The lowest BCUT2D eigenvalue weighted by molar-refractivity contribution is -0.125. The Kier molecular flexibility index (Phi) is 4.00. The molecule has 0 aliphatic carbocycles. The Morgan fingerprint density at radius 1 is 1.19 bits per heavy atom. The van der Waals surface area contributed by atoms with Crippen LogP contribution in [0.4, 0.5) is 11.6 Å². The summed E-state index contributed by atoms with van der Waals surface area (Å²) in [7, 11) is 0. The van der Waals surface area contributed by atoms with E-state index in [0.717, 1.165) is 0 Å². The van der Waals surface area contributed by atoms with Crippen molar-refractivity contribution >= 4 is 29.1 Å². The summed E-state index contributed by atoms with van der Waals surface area (Å²) in [6, 6.07) is 12.8. The number of ether oxygens (including phenoxy) is 1. The van der Waals surface area contributed by atoms with E-state index in [2.05, 4.69) is 15.5 Å². The second-order valence-corrected chi connectivity index (χ2v) is 5.97. The first-order chi connectivity index (χ1) is 12.6. The van der Waals surface area contributed by atoms with Gasteiger partial charge in [0.05, 0.1) is 5.69 Å². The highest BCUT2D eigenvalue weighted by molar-refractivity contribution is 6.00. The van der Waals surface area contributed by atoms with Gasteiger partial charge in [-0.15, -0.1) is 10.2 Å². The zero-order valence-electron chi connectivity index (χ0n) is 14.1. The van der Waals surface area contributed by atoms with Gasteiger partial charge in [0.2, 0.25) is 11.9 Å². The summed E-state index contributed by atoms with van der Waals surface area (Å²) < 4.78 is 7.29. The third-order valence-corrected chi connectivity index (χ3v) is 4.20. The molecule has 1 unspecified atom stereocenters. The van der Waals surface area contributed by atoms with Crippen molar-refractivity contribution in [3.05, 3.63) is 48.7 Å². The highest BCUT2D eigenvalue weighted by Gasteiger charge is 2.31. The molecule has 3 heterocycles. The number of nitrogens with zero attached hydrogens (tertiary/aromatic N) is 4. The Hall–Kier alpha value is -3.42. The summed E-state index contributed by atoms with van der Waals surface area (Å²) in [5, 5.41) is 10.7. The van der Waals surface area contributed by atoms with Crippen molar-refractivity contribution in [3.8, 4) is 5.75 Å². The molecule has 0 radical (unpaired) electrons. The van der Waals surface area contributed by atoms with Crippen LogP contribution in [0.2, 0.25) is 0 Å². The molecule has 1 aliphatic heterocycles. The van der Waals surface area contributed by atoms with Crippen LogP contribution in [0.15, 0.2) is 48.7 Å². The summed E-state index contributed by atoms with van der Waals surface area (Å²) in [6.07, 6.45) is 1.33. The van der Waals surface area contributed by atoms with Gasteiger partial charge in [0.1, 0.15) is 5.75 Å². The summed E-state index contributed by atoms with van der Waals surface area (Å²) in [5.74, 6) is 0.591. The van der Waals surface area contributed by atoms with Gasteiger partial charge in [0.25, 0.3) is 5.91 Å². The fraction of sp³-hybridized carbons (Fsp3) is 0.222. The van der Waals surface area contributed by atoms with Crippen LogP contribution < -0.4 is 15.0 Å². The van der Waals surface area contributed by atoms with E-state index in [-0.39, 0.29) is 24.8 Å². The van der Waals surface area contributed by atoms with Gasteiger partial charge in [-0.25, -0.2) is 0 Å². The monoisotopic (exact) mass is 351 g/mol. The van der Waals surface area contributed by atoms with E-state index in [0.29, 0.717) is 23.0 Å². The van der Waals surface area contributed by atoms with Gasteiger partial charge in [-0.3, -0.25) is 19.3 Å². The first-order valence-electron chi connectivity index (χ1n) is 8.30. The molecule has 3 aromatic rings. The minimum absolute atomic E-state index is 0.133. The molecule has 0 fully saturated rings. The SMILES string of the molecule is CC1Oc2ccccc2N(CCC(=O)Nc2nnc3ccccn23)C1=O. The van der Waals surface area contributed by atoms with Crippen LogP contribution in [-0.4, -0.2) is 39.1 Å². The quantitative estimate of drug-likeness (QED) is 0.775. The van der Waals surface area contributed by atoms with E-state index in [4.69, 9.17) is 4.74 Å². The number of anilines is 2. The number of pyridine rings is 1. The fourth-order valence-electron chi connectivity index (χ4n) is 2.92. The van der Waals surface area contributed by atoms with Crippen molar-refractivity contribution in [1.29, 1.82) is 0 Å². The molecule has 2 aromatic heterocycles. The largest absolute Gasteiger partial charge is 0.479 e. The maximum atomic E-state index is 12.4. The molecule has 0 bridgehead atoms. The molecule has 26 heavy (non-hydrogen) atoms. The average molecular weight is 351 g/mol. The lowest BCUT2D eigenvalue weighted by Gasteiger charge is -2.32. The van der Waals surface area contributed by atoms with E-state index < -0.39 is 6.10 Å². The molecule has 0 saturated carbocycles. The third-order valence-electron chi connectivity index (χ3n) is 4.20. The van der Waals surface area contributed by atoms with Gasteiger partial charge in [-0.2, -0.15) is 0 Å². The summed E-state index contributed by atoms with van der Waals surface area (Å²) >= 11 is 0. The van der Waals surface area contributed by atoms with Crippen molar-refractivity contribution < 1.29 is 14.3 Å². The highest BCUT2D eigenvalue weighted by atomic mass is 16.5. The number of amides is 2. The van der Waals surface area contributed by atoms with Crippen molar-refractivity contribution in [3.63, 3.8) is 0 Å². The Morgan fingerprint density at radius 3 is 2.88 bits per heavy atom. The molecule has 132 valence electrons. The highest BCUT2D eigenvalue weighted by Crippen LogP contribution is 2.33. The molecule has 1 N–H and O–H groups in total. The number of carbonyl (C=O) groups excluding carboxylic acids is 2. The second-order valence-electron chi connectivity index (χ2n) is 5.97. The van der Waals surface area contributed by atoms with Gasteiger partial charge in [-0.05, 0) is 31.2 Å². The van der Waals surface area contributed by atoms with Crippen LogP contribution >= 0.6 is 0 Å². The predicted octanol–water partition coefficient (Wildman–Crippen LogP) is 1.87. The third kappa shape index (κ3) is 2.85. The molecular formula is C18H17N5O3. The fourth-order valence-corrected chi connectivity index (χ4v) is 2.92. The number of para-hydroxylation sites is 2. The Labute approximate surface area is 149 Å². The zero-order chi connectivity index (χ0) is 18.1. The maximum absolute atomic E-state index is 12.4. The number of aromatic nitrogens is 3. The first-order valence-corrected chi connectivity index (χ1v) is 8.30. The molecule has 1 aliphatic rings. The number of hydrogen-bond donors (Lipinski definition) is 1. The normalized spacial score (nSPS) is 16.3. The molecule has 8 nitrogen and oxygen atoms in total. The van der Waals surface area contributed by atoms with Gasteiger partial charge in [0.15, 0.2) is 11.8 Å². The van der Waals surface area contributed by atoms with E-state index in [1.165, 1.54) is 0 Å². The van der Waals surface area contributed by atoms with Gasteiger partial charge < -0.3 is 9.64 Å². The number of nitrogens with one attached hydrogen (secondary N) is 1. The van der Waals surface area contributed by atoms with Crippen LogP contribution in [-0.2, 0) is 9.59 Å². The van der Waals surface area contributed by atoms with Crippen LogP contribution in [0.25, 0.3) is 5.65 Å². The number of hydrogen-bond acceptors (Lipinski definition) is 5. The molecule has 0 saturated heterocycles. The number of rotatable bonds is 4. The summed E-state index contributed by atoms with van der Waals surface area (Å²) in [6.45, 7) is 1.96. The average Bonchev–Trinajstić information content (AvgIpc) is 3.05. The van der Waals surface area contributed by atoms with E-state index in [1.807, 2.05) is 36.4 Å².